The molecule has 0 amide bonds. The molecular formula is C11H14N2. The maximum atomic E-state index is 4.25. The molecule has 0 aromatic carbocycles. The predicted molar refractivity (Wildman–Crippen MR) is 57.4 cm³/mol. The van der Waals surface area contributed by atoms with Crippen LogP contribution < -0.4 is 5.32 Å². The molecule has 0 atom stereocenters. The molecule has 1 rings (SSSR count). The van der Waals surface area contributed by atoms with Gasteiger partial charge in [-0.1, -0.05) is 18.7 Å². The van der Waals surface area contributed by atoms with Gasteiger partial charge in [-0.05, 0) is 25.5 Å². The van der Waals surface area contributed by atoms with Gasteiger partial charge in [0.25, 0.3) is 0 Å². The lowest BCUT2D eigenvalue weighted by atomic mass is 10.2. The van der Waals surface area contributed by atoms with Crippen LogP contribution in [-0.2, 0) is 0 Å². The number of nitrogens with one attached hydrogen (secondary N) is 1. The van der Waals surface area contributed by atoms with E-state index in [-0.39, 0.29) is 0 Å². The van der Waals surface area contributed by atoms with Gasteiger partial charge in [0.1, 0.15) is 5.84 Å². The molecule has 1 aliphatic rings. The highest BCUT2D eigenvalue weighted by molar-refractivity contribution is 6.03. The average Bonchev–Trinajstić information content (AvgIpc) is 2.47. The third-order valence-corrected chi connectivity index (χ3v) is 1.87. The van der Waals surface area contributed by atoms with Crippen LogP contribution in [0.5, 0.6) is 0 Å². The third kappa shape index (κ3) is 2.44. The van der Waals surface area contributed by atoms with Gasteiger partial charge in [-0.25, -0.2) is 4.99 Å². The van der Waals surface area contributed by atoms with Gasteiger partial charge in [0.05, 0.1) is 0 Å². The Balaban J connectivity index is 2.74. The molecule has 2 nitrogen and oxygen atoms in total. The van der Waals surface area contributed by atoms with Crippen molar-refractivity contribution in [2.75, 3.05) is 0 Å². The Morgan fingerprint density at radius 2 is 2.23 bits per heavy atom. The van der Waals surface area contributed by atoms with E-state index in [2.05, 4.69) is 23.5 Å². The summed E-state index contributed by atoms with van der Waals surface area (Å²) in [4.78, 5) is 4.25. The largest absolute Gasteiger partial charge is 0.346 e. The van der Waals surface area contributed by atoms with Gasteiger partial charge in [-0.3, -0.25) is 0 Å². The van der Waals surface area contributed by atoms with Crippen molar-refractivity contribution in [3.05, 3.63) is 48.4 Å². The molecular weight excluding hydrogens is 160 g/mol. The second-order valence-corrected chi connectivity index (χ2v) is 3.07. The molecule has 0 bridgehead atoms. The summed E-state index contributed by atoms with van der Waals surface area (Å²) in [6.45, 7) is 11.6. The van der Waals surface area contributed by atoms with Crippen LogP contribution in [0, 0.1) is 0 Å². The second-order valence-electron chi connectivity index (χ2n) is 3.07. The highest BCUT2D eigenvalue weighted by atomic mass is 15.0. The van der Waals surface area contributed by atoms with E-state index in [1.54, 1.807) is 6.20 Å². The standard InChI is InChI=1S/C11H14N2/c1-8(2)10(4)7-13-11-9(3)5-6-12-11/h5-7H,1,3H2,2,4H3,(H,12,13)/b10-7+. The van der Waals surface area contributed by atoms with Crippen molar-refractivity contribution in [3.63, 3.8) is 0 Å². The zero-order valence-corrected chi connectivity index (χ0v) is 8.09. The van der Waals surface area contributed by atoms with Crippen LogP contribution in [0.15, 0.2) is 53.3 Å². The molecule has 68 valence electrons. The van der Waals surface area contributed by atoms with E-state index in [9.17, 15) is 0 Å². The van der Waals surface area contributed by atoms with Crippen molar-refractivity contribution < 1.29 is 0 Å². The summed E-state index contributed by atoms with van der Waals surface area (Å²) in [5, 5.41) is 3.00. The molecule has 0 saturated heterocycles. The lowest BCUT2D eigenvalue weighted by Crippen LogP contribution is -2.11. The number of hydrogen-bond donors (Lipinski definition) is 1. The Hall–Kier alpha value is -1.57. The topological polar surface area (TPSA) is 24.4 Å². The summed E-state index contributed by atoms with van der Waals surface area (Å²) in [7, 11) is 0. The smallest absolute Gasteiger partial charge is 0.136 e. The Labute approximate surface area is 79.1 Å². The fraction of sp³-hybridized carbons (Fsp3) is 0.182. The Morgan fingerprint density at radius 3 is 2.69 bits per heavy atom. The van der Waals surface area contributed by atoms with Crippen LogP contribution in [0.3, 0.4) is 0 Å². The first-order chi connectivity index (χ1) is 6.11. The van der Waals surface area contributed by atoms with Crippen molar-refractivity contribution >= 4 is 5.84 Å². The predicted octanol–water partition coefficient (Wildman–Crippen LogP) is 2.54. The van der Waals surface area contributed by atoms with Crippen LogP contribution in [0.4, 0.5) is 0 Å². The van der Waals surface area contributed by atoms with Crippen LogP contribution in [-0.4, -0.2) is 5.84 Å². The molecule has 0 saturated carbocycles. The van der Waals surface area contributed by atoms with Crippen LogP contribution in [0.2, 0.25) is 0 Å². The number of hydrogen-bond acceptors (Lipinski definition) is 1. The zero-order valence-electron chi connectivity index (χ0n) is 8.09. The van der Waals surface area contributed by atoms with Crippen molar-refractivity contribution in [2.45, 2.75) is 13.8 Å². The van der Waals surface area contributed by atoms with Gasteiger partial charge in [-0.2, -0.15) is 0 Å². The van der Waals surface area contributed by atoms with Crippen molar-refractivity contribution in [2.24, 2.45) is 4.99 Å². The van der Waals surface area contributed by atoms with Gasteiger partial charge >= 0.3 is 0 Å². The number of amidine groups is 1. The Kier molecular flexibility index (Phi) is 2.85. The molecule has 1 aliphatic heterocycles. The first-order valence-electron chi connectivity index (χ1n) is 4.14. The lowest BCUT2D eigenvalue weighted by Gasteiger charge is -1.98. The summed E-state index contributed by atoms with van der Waals surface area (Å²) in [5.41, 5.74) is 3.01. The van der Waals surface area contributed by atoms with Gasteiger partial charge in [-0.15, -0.1) is 0 Å². The van der Waals surface area contributed by atoms with Gasteiger partial charge in [0, 0.05) is 18.0 Å². The monoisotopic (exact) mass is 174 g/mol. The van der Waals surface area contributed by atoms with E-state index in [1.165, 1.54) is 0 Å². The maximum Gasteiger partial charge on any atom is 0.136 e. The van der Waals surface area contributed by atoms with E-state index in [0.717, 1.165) is 22.6 Å². The minimum atomic E-state index is 0.806. The van der Waals surface area contributed by atoms with Gasteiger partial charge < -0.3 is 5.32 Å². The Bertz CT molecular complexity index is 330. The van der Waals surface area contributed by atoms with Crippen molar-refractivity contribution in [1.82, 2.24) is 5.32 Å². The molecule has 0 fully saturated rings. The number of aliphatic imine (C=N–C) groups is 1. The lowest BCUT2D eigenvalue weighted by molar-refractivity contribution is 1.27. The third-order valence-electron chi connectivity index (χ3n) is 1.87. The van der Waals surface area contributed by atoms with Gasteiger partial charge in [0.15, 0.2) is 0 Å². The molecule has 0 unspecified atom stereocenters. The highest BCUT2D eigenvalue weighted by Gasteiger charge is 2.03. The Morgan fingerprint density at radius 1 is 1.54 bits per heavy atom. The summed E-state index contributed by atoms with van der Waals surface area (Å²) >= 11 is 0. The quantitative estimate of drug-likeness (QED) is 0.639. The molecule has 0 aliphatic carbocycles. The zero-order chi connectivity index (χ0) is 9.84. The van der Waals surface area contributed by atoms with Crippen LogP contribution in [0.1, 0.15) is 13.8 Å². The summed E-state index contributed by atoms with van der Waals surface area (Å²) < 4.78 is 0. The molecule has 13 heavy (non-hydrogen) atoms. The van der Waals surface area contributed by atoms with Crippen LogP contribution in [0.25, 0.3) is 0 Å². The van der Waals surface area contributed by atoms with E-state index >= 15 is 0 Å². The number of allylic oxidation sites excluding steroid dienone is 2. The molecule has 1 N–H and O–H groups in total. The van der Waals surface area contributed by atoms with E-state index in [1.807, 2.05) is 26.1 Å². The highest BCUT2D eigenvalue weighted by Crippen LogP contribution is 2.07. The summed E-state index contributed by atoms with van der Waals surface area (Å²) in [6, 6.07) is 0. The second kappa shape index (κ2) is 3.90. The first kappa shape index (κ1) is 9.52. The van der Waals surface area contributed by atoms with E-state index in [4.69, 9.17) is 0 Å². The minimum Gasteiger partial charge on any atom is -0.346 e. The summed E-state index contributed by atoms with van der Waals surface area (Å²) in [6.07, 6.45) is 5.51. The summed E-state index contributed by atoms with van der Waals surface area (Å²) in [5.74, 6) is 0.806. The molecule has 0 aromatic heterocycles. The molecule has 1 heterocycles. The molecule has 0 aromatic rings. The SMILES string of the molecule is C=C1C=CNC1=N/C=C(\C)C(=C)C. The fourth-order valence-electron chi connectivity index (χ4n) is 0.785. The molecule has 0 radical (unpaired) electrons. The van der Waals surface area contributed by atoms with E-state index < -0.39 is 0 Å². The number of rotatable bonds is 2. The van der Waals surface area contributed by atoms with Crippen molar-refractivity contribution in [1.29, 1.82) is 0 Å². The first-order valence-corrected chi connectivity index (χ1v) is 4.14. The van der Waals surface area contributed by atoms with E-state index in [0.29, 0.717) is 0 Å². The maximum absolute atomic E-state index is 4.25. The van der Waals surface area contributed by atoms with Crippen LogP contribution >= 0.6 is 0 Å². The fourth-order valence-corrected chi connectivity index (χ4v) is 0.785. The van der Waals surface area contributed by atoms with Crippen molar-refractivity contribution in [3.8, 4) is 0 Å². The molecule has 0 spiro atoms. The number of nitrogens with zero attached hydrogens (tertiary/aromatic N) is 1. The average molecular weight is 174 g/mol. The minimum absolute atomic E-state index is 0.806. The molecule has 2 heteroatoms. The normalized spacial score (nSPS) is 19.4. The van der Waals surface area contributed by atoms with Gasteiger partial charge in [0.2, 0.25) is 0 Å².